The van der Waals surface area contributed by atoms with Crippen molar-refractivity contribution in [3.8, 4) is 0 Å². The largest absolute Gasteiger partial charge is 0.456 e. The highest BCUT2D eigenvalue weighted by atomic mass is 16.3. The molecule has 13 aromatic rings. The number of nitrogens with zero attached hydrogens (tertiary/aromatic N) is 3. The van der Waals surface area contributed by atoms with E-state index in [1.165, 1.54) is 92.9 Å². The Morgan fingerprint density at radius 2 is 0.812 bits per heavy atom. The first kappa shape index (κ1) is 37.5. The number of hydrogen-bond donors (Lipinski definition) is 0. The normalized spacial score (nSPS) is 13.4. The van der Waals surface area contributed by atoms with Gasteiger partial charge in [-0.15, -0.1) is 0 Å². The summed E-state index contributed by atoms with van der Waals surface area (Å²) in [6.45, 7) is 21.0. The second-order valence-corrected chi connectivity index (χ2v) is 21.5. The molecule has 8 aromatic carbocycles. The number of benzene rings is 8. The quantitative estimate of drug-likeness (QED) is 0.177. The van der Waals surface area contributed by atoms with Crippen LogP contribution in [0.15, 0.2) is 150 Å². The van der Waals surface area contributed by atoms with Crippen LogP contribution < -0.4 is 4.90 Å². The Kier molecular flexibility index (Phi) is 7.24. The average molecular weight is 830 g/mol. The Bertz CT molecular complexity index is 4060. The summed E-state index contributed by atoms with van der Waals surface area (Å²) in [5.74, 6) is 0. The molecular weight excluding hydrogens is 779 g/mol. The molecule has 0 radical (unpaired) electrons. The van der Waals surface area contributed by atoms with E-state index in [1.54, 1.807) is 0 Å². The van der Waals surface area contributed by atoms with Gasteiger partial charge in [-0.3, -0.25) is 0 Å². The number of aromatic nitrogens is 2. The number of furan rings is 1. The van der Waals surface area contributed by atoms with Crippen molar-refractivity contribution in [1.82, 2.24) is 8.80 Å². The molecule has 5 heterocycles. The molecular formula is C60H51N3O. The minimum atomic E-state index is -0.0360. The summed E-state index contributed by atoms with van der Waals surface area (Å²) in [5, 5.41) is 12.7. The van der Waals surface area contributed by atoms with E-state index in [4.69, 9.17) is 4.42 Å². The number of hydrogen-bond acceptors (Lipinski definition) is 2. The maximum atomic E-state index is 6.30. The maximum Gasteiger partial charge on any atom is 0.135 e. The van der Waals surface area contributed by atoms with E-state index in [1.807, 2.05) is 6.07 Å². The molecule has 0 aliphatic carbocycles. The molecule has 64 heavy (non-hydrogen) atoms. The summed E-state index contributed by atoms with van der Waals surface area (Å²) >= 11 is 0. The molecule has 0 unspecified atom stereocenters. The zero-order valence-corrected chi connectivity index (χ0v) is 38.1. The highest BCUT2D eigenvalue weighted by Crippen LogP contribution is 2.49. The lowest BCUT2D eigenvalue weighted by Crippen LogP contribution is -2.11. The minimum Gasteiger partial charge on any atom is -0.456 e. The first-order valence-corrected chi connectivity index (χ1v) is 22.8. The number of anilines is 3. The second-order valence-electron chi connectivity index (χ2n) is 21.5. The highest BCUT2D eigenvalue weighted by Gasteiger charge is 2.28. The van der Waals surface area contributed by atoms with Crippen molar-refractivity contribution in [1.29, 1.82) is 0 Å². The van der Waals surface area contributed by atoms with Gasteiger partial charge in [0.05, 0.1) is 33.1 Å². The smallest absolute Gasteiger partial charge is 0.135 e. The third-order valence-corrected chi connectivity index (χ3v) is 14.4. The van der Waals surface area contributed by atoms with Crippen molar-refractivity contribution in [3.05, 3.63) is 162 Å². The molecule has 0 atom stereocenters. The highest BCUT2D eigenvalue weighted by molar-refractivity contribution is 6.29. The van der Waals surface area contributed by atoms with Crippen molar-refractivity contribution in [2.75, 3.05) is 4.90 Å². The van der Waals surface area contributed by atoms with Crippen LogP contribution in [0.2, 0.25) is 0 Å². The summed E-state index contributed by atoms with van der Waals surface area (Å²) in [7, 11) is 0. The number of fused-ring (bicyclic) bond motifs is 15. The fraction of sp³-hybridized carbons (Fsp3) is 0.200. The fourth-order valence-corrected chi connectivity index (χ4v) is 10.9. The van der Waals surface area contributed by atoms with Crippen LogP contribution in [0.1, 0.15) is 79.0 Å². The van der Waals surface area contributed by atoms with Gasteiger partial charge in [0.1, 0.15) is 11.2 Å². The van der Waals surface area contributed by atoms with Crippen molar-refractivity contribution in [3.63, 3.8) is 0 Å². The van der Waals surface area contributed by atoms with Crippen LogP contribution >= 0.6 is 0 Å². The Balaban J connectivity index is 1.14. The van der Waals surface area contributed by atoms with Crippen LogP contribution in [-0.4, -0.2) is 8.80 Å². The van der Waals surface area contributed by atoms with Gasteiger partial charge in [0.15, 0.2) is 0 Å². The zero-order valence-electron chi connectivity index (χ0n) is 38.1. The molecule has 13 rings (SSSR count). The summed E-state index contributed by atoms with van der Waals surface area (Å²) in [5.41, 5.74) is 16.8. The monoisotopic (exact) mass is 829 g/mol. The Morgan fingerprint density at radius 3 is 1.44 bits per heavy atom. The molecule has 0 aliphatic heterocycles. The molecule has 0 bridgehead atoms. The molecule has 0 spiro atoms. The number of para-hydroxylation sites is 2. The Hall–Kier alpha value is -7.04. The van der Waals surface area contributed by atoms with Gasteiger partial charge >= 0.3 is 0 Å². The standard InChI is InChI=1S/C60H51N3O/c1-58(2,3)34-19-23-50-42(25-34)47-27-36(60(7,8)9)29-49-43-33-53-44(32-52(43)62(50)57(47)49)48-28-35(59(4,5)6)26-46-40-22-20-39(31-51(40)63(53)56(46)48)61(37-15-11-10-12-16-37)38-21-24-55-45(30-38)41-17-13-14-18-54(41)64-55/h10-33H,1-9H3. The van der Waals surface area contributed by atoms with Crippen LogP contribution in [0.25, 0.3) is 98.1 Å². The van der Waals surface area contributed by atoms with E-state index in [2.05, 4.69) is 216 Å². The SMILES string of the molecule is CC(C)(C)c1ccc2c(c1)c1cc(C(C)(C)C)cc3c4cc5c(cc4n2c13)c1cc(C(C)(C)C)cc2c3ccc(N(c4ccccc4)c4ccc6oc7ccccc7c6c4)cc3n5c21. The summed E-state index contributed by atoms with van der Waals surface area (Å²) < 4.78 is 11.4. The summed E-state index contributed by atoms with van der Waals surface area (Å²) in [4.78, 5) is 2.39. The number of rotatable bonds is 3. The molecule has 0 aliphatic rings. The first-order valence-electron chi connectivity index (χ1n) is 22.8. The van der Waals surface area contributed by atoms with E-state index >= 15 is 0 Å². The molecule has 0 saturated carbocycles. The minimum absolute atomic E-state index is 0.0150. The van der Waals surface area contributed by atoms with Gasteiger partial charge in [-0.05, 0) is 130 Å². The molecule has 4 nitrogen and oxygen atoms in total. The van der Waals surface area contributed by atoms with Crippen molar-refractivity contribution >= 4 is 115 Å². The molecule has 0 amide bonds. The van der Waals surface area contributed by atoms with Gasteiger partial charge < -0.3 is 18.1 Å². The third kappa shape index (κ3) is 5.11. The van der Waals surface area contributed by atoms with Crippen molar-refractivity contribution < 1.29 is 4.42 Å². The van der Waals surface area contributed by atoms with Gasteiger partial charge in [-0.2, -0.15) is 0 Å². The zero-order chi connectivity index (χ0) is 43.8. The van der Waals surface area contributed by atoms with Crippen molar-refractivity contribution in [2.45, 2.75) is 78.6 Å². The molecule has 312 valence electrons. The van der Waals surface area contributed by atoms with Crippen LogP contribution in [0, 0.1) is 0 Å². The lowest BCUT2D eigenvalue weighted by atomic mass is 9.84. The van der Waals surface area contributed by atoms with Gasteiger partial charge in [-0.25, -0.2) is 0 Å². The van der Waals surface area contributed by atoms with E-state index in [-0.39, 0.29) is 16.2 Å². The molecule has 0 saturated heterocycles. The third-order valence-electron chi connectivity index (χ3n) is 14.4. The predicted molar refractivity (Wildman–Crippen MR) is 274 cm³/mol. The van der Waals surface area contributed by atoms with E-state index < -0.39 is 0 Å². The van der Waals surface area contributed by atoms with Gasteiger partial charge in [0.2, 0.25) is 0 Å². The molecule has 5 aromatic heterocycles. The lowest BCUT2D eigenvalue weighted by molar-refractivity contribution is 0.590. The first-order chi connectivity index (χ1) is 30.6. The fourth-order valence-electron chi connectivity index (χ4n) is 10.9. The summed E-state index contributed by atoms with van der Waals surface area (Å²) in [6, 6.07) is 54.9. The molecule has 0 fully saturated rings. The van der Waals surface area contributed by atoms with E-state index in [0.29, 0.717) is 0 Å². The average Bonchev–Trinajstić information content (AvgIpc) is 4.06. The van der Waals surface area contributed by atoms with E-state index in [9.17, 15) is 0 Å². The van der Waals surface area contributed by atoms with Crippen LogP contribution in [0.5, 0.6) is 0 Å². The van der Waals surface area contributed by atoms with Gasteiger partial charge in [0, 0.05) is 70.9 Å². The lowest BCUT2D eigenvalue weighted by Gasteiger charge is -2.25. The van der Waals surface area contributed by atoms with Gasteiger partial charge in [0.25, 0.3) is 0 Å². The molecule has 4 heteroatoms. The topological polar surface area (TPSA) is 25.2 Å². The molecule has 0 N–H and O–H groups in total. The Morgan fingerprint density at radius 1 is 0.328 bits per heavy atom. The van der Waals surface area contributed by atoms with Gasteiger partial charge in [-0.1, -0.05) is 111 Å². The maximum absolute atomic E-state index is 6.30. The van der Waals surface area contributed by atoms with Crippen molar-refractivity contribution in [2.24, 2.45) is 0 Å². The summed E-state index contributed by atoms with van der Waals surface area (Å²) in [6.07, 6.45) is 0. The second kappa shape index (κ2) is 12.4. The predicted octanol–water partition coefficient (Wildman–Crippen LogP) is 17.2. The van der Waals surface area contributed by atoms with E-state index in [0.717, 1.165) is 39.0 Å². The Labute approximate surface area is 372 Å². The van der Waals surface area contributed by atoms with Crippen LogP contribution in [-0.2, 0) is 16.2 Å². The van der Waals surface area contributed by atoms with Crippen LogP contribution in [0.3, 0.4) is 0 Å². The van der Waals surface area contributed by atoms with Crippen LogP contribution in [0.4, 0.5) is 17.1 Å².